The largest absolute Gasteiger partial charge is 0.324 e. The van der Waals surface area contributed by atoms with Crippen LogP contribution in [0.5, 0.6) is 0 Å². The van der Waals surface area contributed by atoms with Gasteiger partial charge in [-0.05, 0) is 54.3 Å². The van der Waals surface area contributed by atoms with E-state index in [0.717, 1.165) is 16.0 Å². The zero-order valence-corrected chi connectivity index (χ0v) is 16.7. The summed E-state index contributed by atoms with van der Waals surface area (Å²) in [7, 11) is 1.43. The number of hydrogen-bond donors (Lipinski definition) is 1. The van der Waals surface area contributed by atoms with Gasteiger partial charge in [0.15, 0.2) is 0 Å². The molecule has 3 amide bonds. The number of aromatic nitrogens is 1. The number of hydrogen-bond acceptors (Lipinski definition) is 4. The van der Waals surface area contributed by atoms with Crippen molar-refractivity contribution in [3.63, 3.8) is 0 Å². The molecule has 2 aliphatic rings. The van der Waals surface area contributed by atoms with Crippen molar-refractivity contribution in [3.8, 4) is 0 Å². The lowest BCUT2D eigenvalue weighted by molar-refractivity contribution is -0.115. The van der Waals surface area contributed by atoms with Crippen LogP contribution in [-0.4, -0.2) is 34.7 Å². The molecule has 4 rings (SSSR count). The maximum Gasteiger partial charge on any atom is 0.261 e. The Morgan fingerprint density at radius 3 is 2.73 bits per heavy atom. The molecule has 0 spiro atoms. The van der Waals surface area contributed by atoms with Gasteiger partial charge in [0.2, 0.25) is 5.91 Å². The minimum Gasteiger partial charge on any atom is -0.324 e. The number of carbonyl (C=O) groups excluding carboxylic acids is 3. The monoisotopic (exact) mass is 405 g/mol. The van der Waals surface area contributed by atoms with Crippen LogP contribution in [0.3, 0.4) is 0 Å². The number of nitrogens with zero attached hydrogens (tertiary/aromatic N) is 2. The molecule has 0 bridgehead atoms. The highest BCUT2D eigenvalue weighted by Gasteiger charge is 2.35. The van der Waals surface area contributed by atoms with Crippen LogP contribution in [0.1, 0.15) is 50.4 Å². The summed E-state index contributed by atoms with van der Waals surface area (Å²) in [6.45, 7) is 1.82. The fourth-order valence-corrected chi connectivity index (χ4v) is 3.72. The topological polar surface area (TPSA) is 79.4 Å². The molecular weight excluding hydrogens is 385 g/mol. The van der Waals surface area contributed by atoms with Gasteiger partial charge in [-0.3, -0.25) is 24.3 Å². The number of pyridine rings is 1. The number of halogens is 1. The van der Waals surface area contributed by atoms with E-state index in [1.807, 2.05) is 13.0 Å². The summed E-state index contributed by atoms with van der Waals surface area (Å²) in [5, 5.41) is 2.76. The van der Waals surface area contributed by atoms with Crippen molar-refractivity contribution in [2.45, 2.75) is 26.2 Å². The van der Waals surface area contributed by atoms with Gasteiger partial charge in [0.05, 0.1) is 35.1 Å². The van der Waals surface area contributed by atoms with E-state index < -0.39 is 5.91 Å². The molecule has 0 saturated carbocycles. The second kappa shape index (κ2) is 7.67. The molecule has 30 heavy (non-hydrogen) atoms. The average Bonchev–Trinajstić information content (AvgIpc) is 2.92. The molecule has 152 valence electrons. The number of amides is 3. The van der Waals surface area contributed by atoms with Gasteiger partial charge in [-0.1, -0.05) is 12.1 Å². The number of fused-ring (bicyclic) bond motifs is 1. The molecule has 0 radical (unpaired) electrons. The minimum atomic E-state index is -0.398. The van der Waals surface area contributed by atoms with Crippen molar-refractivity contribution >= 4 is 29.0 Å². The summed E-state index contributed by atoms with van der Waals surface area (Å²) >= 11 is 0. The van der Waals surface area contributed by atoms with Crippen molar-refractivity contribution in [1.82, 2.24) is 9.88 Å². The summed E-state index contributed by atoms with van der Waals surface area (Å²) < 4.78 is 13.5. The number of aryl methyl sites for hydroxylation is 1. The Balaban J connectivity index is 1.50. The third kappa shape index (κ3) is 3.66. The first-order valence-electron chi connectivity index (χ1n) is 9.62. The fourth-order valence-electron chi connectivity index (χ4n) is 3.72. The molecule has 1 aromatic carbocycles. The third-order valence-corrected chi connectivity index (χ3v) is 5.17. The van der Waals surface area contributed by atoms with E-state index in [-0.39, 0.29) is 29.6 Å². The van der Waals surface area contributed by atoms with Gasteiger partial charge < -0.3 is 5.32 Å². The van der Waals surface area contributed by atoms with E-state index in [2.05, 4.69) is 10.3 Å². The van der Waals surface area contributed by atoms with Gasteiger partial charge in [0.25, 0.3) is 11.8 Å². The summed E-state index contributed by atoms with van der Waals surface area (Å²) in [4.78, 5) is 42.6. The number of carbonyl (C=O) groups is 3. The van der Waals surface area contributed by atoms with E-state index in [9.17, 15) is 18.8 Å². The Labute approximate surface area is 173 Å². The highest BCUT2D eigenvalue weighted by molar-refractivity contribution is 6.22. The van der Waals surface area contributed by atoms with E-state index in [1.54, 1.807) is 24.3 Å². The van der Waals surface area contributed by atoms with Crippen molar-refractivity contribution in [1.29, 1.82) is 0 Å². The molecular formula is C23H20FN3O3. The zero-order valence-electron chi connectivity index (χ0n) is 16.7. The average molecular weight is 405 g/mol. The second-order valence-corrected chi connectivity index (χ2v) is 7.46. The van der Waals surface area contributed by atoms with Gasteiger partial charge in [-0.25, -0.2) is 4.39 Å². The highest BCUT2D eigenvalue weighted by Crippen LogP contribution is 2.28. The Hall–Kier alpha value is -3.61. The Morgan fingerprint density at radius 2 is 2.03 bits per heavy atom. The molecule has 2 heterocycles. The SMILES string of the molecule is Cc1cc(CC(=O)Nc2ccc(C3=CCCC(F)=C3)nc2)c2c(c1)C(=O)N(C)C2=O. The number of imide groups is 1. The maximum atomic E-state index is 13.5. The summed E-state index contributed by atoms with van der Waals surface area (Å²) in [5.74, 6) is -1.25. The van der Waals surface area contributed by atoms with Gasteiger partial charge in [-0.2, -0.15) is 0 Å². The van der Waals surface area contributed by atoms with Gasteiger partial charge in [0, 0.05) is 13.5 Å². The molecule has 1 aliphatic carbocycles. The number of benzene rings is 1. The van der Waals surface area contributed by atoms with Crippen LogP contribution in [0.25, 0.3) is 5.57 Å². The smallest absolute Gasteiger partial charge is 0.261 e. The molecule has 1 aromatic heterocycles. The summed E-state index contributed by atoms with van der Waals surface area (Å²) in [6, 6.07) is 6.84. The van der Waals surface area contributed by atoms with Gasteiger partial charge in [-0.15, -0.1) is 0 Å². The molecule has 2 aromatic rings. The predicted molar refractivity (Wildman–Crippen MR) is 111 cm³/mol. The van der Waals surface area contributed by atoms with Gasteiger partial charge in [0.1, 0.15) is 5.83 Å². The number of nitrogens with one attached hydrogen (secondary N) is 1. The van der Waals surface area contributed by atoms with E-state index in [0.29, 0.717) is 35.3 Å². The first-order chi connectivity index (χ1) is 14.3. The lowest BCUT2D eigenvalue weighted by Gasteiger charge is -2.11. The Bertz CT molecular complexity index is 1130. The summed E-state index contributed by atoms with van der Waals surface area (Å²) in [5.41, 5.74) is 3.79. The fraction of sp³-hybridized carbons (Fsp3) is 0.217. The van der Waals surface area contributed by atoms with Crippen LogP contribution in [0.2, 0.25) is 0 Å². The number of allylic oxidation sites excluding steroid dienone is 4. The Kier molecular flexibility index (Phi) is 5.03. The van der Waals surface area contributed by atoms with E-state index in [4.69, 9.17) is 0 Å². The predicted octanol–water partition coefficient (Wildman–Crippen LogP) is 3.83. The molecule has 0 atom stereocenters. The van der Waals surface area contributed by atoms with Crippen LogP contribution in [-0.2, 0) is 11.2 Å². The molecule has 0 fully saturated rings. The van der Waals surface area contributed by atoms with Crippen molar-refractivity contribution in [2.75, 3.05) is 12.4 Å². The van der Waals surface area contributed by atoms with Crippen LogP contribution in [0, 0.1) is 6.92 Å². The van der Waals surface area contributed by atoms with Crippen LogP contribution in [0.15, 0.2) is 48.4 Å². The number of anilines is 1. The van der Waals surface area contributed by atoms with E-state index in [1.165, 1.54) is 19.3 Å². The Morgan fingerprint density at radius 1 is 1.23 bits per heavy atom. The van der Waals surface area contributed by atoms with Crippen molar-refractivity contribution < 1.29 is 18.8 Å². The molecule has 1 N–H and O–H groups in total. The zero-order chi connectivity index (χ0) is 21.4. The highest BCUT2D eigenvalue weighted by atomic mass is 19.1. The molecule has 0 unspecified atom stereocenters. The molecule has 6 nitrogen and oxygen atoms in total. The van der Waals surface area contributed by atoms with Gasteiger partial charge >= 0.3 is 0 Å². The summed E-state index contributed by atoms with van der Waals surface area (Å²) in [6.07, 6.45) is 5.91. The quantitative estimate of drug-likeness (QED) is 0.784. The third-order valence-electron chi connectivity index (χ3n) is 5.17. The first kappa shape index (κ1) is 19.7. The van der Waals surface area contributed by atoms with Crippen LogP contribution in [0.4, 0.5) is 10.1 Å². The van der Waals surface area contributed by atoms with Crippen molar-refractivity contribution in [3.05, 3.63) is 76.4 Å². The first-order valence-corrected chi connectivity index (χ1v) is 9.62. The molecule has 1 aliphatic heterocycles. The van der Waals surface area contributed by atoms with Crippen LogP contribution >= 0.6 is 0 Å². The molecule has 7 heteroatoms. The van der Waals surface area contributed by atoms with Crippen LogP contribution < -0.4 is 5.32 Å². The molecule has 0 saturated heterocycles. The maximum absolute atomic E-state index is 13.5. The number of rotatable bonds is 4. The standard InChI is InChI=1S/C23H20FN3O3/c1-13-8-15(21-18(9-13)22(29)27(2)23(21)30)11-20(28)26-17-6-7-19(25-12-17)14-4-3-5-16(24)10-14/h4,6-10,12H,3,5,11H2,1-2H3,(H,26,28). The normalized spacial score (nSPS) is 15.6. The van der Waals surface area contributed by atoms with E-state index >= 15 is 0 Å². The lowest BCUT2D eigenvalue weighted by atomic mass is 9.97. The minimum absolute atomic E-state index is 0.0439. The second-order valence-electron chi connectivity index (χ2n) is 7.46. The van der Waals surface area contributed by atoms with Crippen molar-refractivity contribution in [2.24, 2.45) is 0 Å². The lowest BCUT2D eigenvalue weighted by Crippen LogP contribution is -2.24.